The Balaban J connectivity index is 1.63. The number of aromatic nitrogens is 2. The van der Waals surface area contributed by atoms with E-state index < -0.39 is 0 Å². The summed E-state index contributed by atoms with van der Waals surface area (Å²) in [6.07, 6.45) is 1.88. The molecule has 0 saturated heterocycles. The molecule has 0 fully saturated rings. The van der Waals surface area contributed by atoms with E-state index in [2.05, 4.69) is 15.3 Å². The van der Waals surface area contributed by atoms with Crippen molar-refractivity contribution >= 4 is 28.6 Å². The minimum absolute atomic E-state index is 0.157. The monoisotopic (exact) mass is 357 g/mol. The molecule has 5 nitrogen and oxygen atoms in total. The Morgan fingerprint density at radius 2 is 1.92 bits per heavy atom. The van der Waals surface area contributed by atoms with Gasteiger partial charge in [-0.05, 0) is 36.1 Å². The number of fused-ring (bicyclic) bond motifs is 1. The number of carbonyl (C=O) groups excluding carboxylic acids is 1. The number of nitrogens with one attached hydrogen (secondary N) is 1. The van der Waals surface area contributed by atoms with E-state index in [0.29, 0.717) is 17.6 Å². The van der Waals surface area contributed by atoms with Crippen molar-refractivity contribution in [1.29, 1.82) is 0 Å². The molecule has 0 spiro atoms. The van der Waals surface area contributed by atoms with Gasteiger partial charge in [-0.1, -0.05) is 36.0 Å². The molecular formula is C18H16FN3O2S. The molecular weight excluding hydrogens is 341 g/mol. The molecule has 1 aromatic heterocycles. The van der Waals surface area contributed by atoms with E-state index in [1.807, 2.05) is 30.5 Å². The van der Waals surface area contributed by atoms with Crippen molar-refractivity contribution < 1.29 is 13.9 Å². The first kappa shape index (κ1) is 17.2. The Morgan fingerprint density at radius 1 is 1.16 bits per heavy atom. The molecule has 0 atom stereocenters. The molecule has 0 aliphatic rings. The number of rotatable bonds is 6. The number of carbonyl (C=O) groups is 1. The second-order valence-electron chi connectivity index (χ2n) is 5.22. The summed E-state index contributed by atoms with van der Waals surface area (Å²) < 4.78 is 18.5. The standard InChI is InChI=1S/C18H16FN3O2S/c1-25-18-21-15-5-3-2-4-14(15)17(22-18)24-11-16(23)20-10-12-6-8-13(19)9-7-12/h2-9H,10-11H2,1H3,(H,20,23). The molecule has 0 aliphatic heterocycles. The van der Waals surface area contributed by atoms with Gasteiger partial charge in [-0.3, -0.25) is 4.79 Å². The van der Waals surface area contributed by atoms with Crippen LogP contribution in [0.5, 0.6) is 5.88 Å². The van der Waals surface area contributed by atoms with Crippen LogP contribution in [-0.2, 0) is 11.3 Å². The van der Waals surface area contributed by atoms with Crippen LogP contribution in [0.1, 0.15) is 5.56 Å². The molecule has 7 heteroatoms. The van der Waals surface area contributed by atoms with E-state index in [4.69, 9.17) is 4.74 Å². The van der Waals surface area contributed by atoms with Gasteiger partial charge in [-0.15, -0.1) is 0 Å². The average Bonchev–Trinajstić information content (AvgIpc) is 2.65. The highest BCUT2D eigenvalue weighted by atomic mass is 32.2. The zero-order valence-electron chi connectivity index (χ0n) is 13.5. The molecule has 0 aliphatic carbocycles. The summed E-state index contributed by atoms with van der Waals surface area (Å²) in [5, 5.41) is 4.07. The van der Waals surface area contributed by atoms with Crippen molar-refractivity contribution in [3.05, 3.63) is 59.9 Å². The molecule has 0 bridgehead atoms. The van der Waals surface area contributed by atoms with Gasteiger partial charge < -0.3 is 10.1 Å². The van der Waals surface area contributed by atoms with Crippen LogP contribution in [0, 0.1) is 5.82 Å². The molecule has 0 saturated carbocycles. The minimum Gasteiger partial charge on any atom is -0.467 e. The molecule has 25 heavy (non-hydrogen) atoms. The first-order valence-electron chi connectivity index (χ1n) is 7.60. The molecule has 0 radical (unpaired) electrons. The van der Waals surface area contributed by atoms with Crippen LogP contribution in [-0.4, -0.2) is 28.7 Å². The normalized spacial score (nSPS) is 10.6. The van der Waals surface area contributed by atoms with Gasteiger partial charge in [0.15, 0.2) is 11.8 Å². The van der Waals surface area contributed by atoms with Crippen molar-refractivity contribution in [2.45, 2.75) is 11.7 Å². The van der Waals surface area contributed by atoms with Crippen LogP contribution in [0.3, 0.4) is 0 Å². The Morgan fingerprint density at radius 3 is 2.68 bits per heavy atom. The van der Waals surface area contributed by atoms with Crippen LogP contribution in [0.2, 0.25) is 0 Å². The lowest BCUT2D eigenvalue weighted by molar-refractivity contribution is -0.123. The number of halogens is 1. The highest BCUT2D eigenvalue weighted by Crippen LogP contribution is 2.24. The fourth-order valence-corrected chi connectivity index (χ4v) is 2.58. The number of amides is 1. The van der Waals surface area contributed by atoms with Crippen molar-refractivity contribution in [1.82, 2.24) is 15.3 Å². The Kier molecular flexibility index (Phi) is 5.45. The van der Waals surface area contributed by atoms with Crippen LogP contribution >= 0.6 is 11.8 Å². The van der Waals surface area contributed by atoms with Crippen LogP contribution in [0.25, 0.3) is 10.9 Å². The van der Waals surface area contributed by atoms with Gasteiger partial charge in [0.2, 0.25) is 5.88 Å². The molecule has 128 valence electrons. The van der Waals surface area contributed by atoms with Crippen molar-refractivity contribution in [3.8, 4) is 5.88 Å². The summed E-state index contributed by atoms with van der Waals surface area (Å²) in [6, 6.07) is 13.4. The number of para-hydroxylation sites is 1. The quantitative estimate of drug-likeness (QED) is 0.542. The smallest absolute Gasteiger partial charge is 0.258 e. The Hall–Kier alpha value is -2.67. The van der Waals surface area contributed by atoms with E-state index in [0.717, 1.165) is 16.5 Å². The van der Waals surface area contributed by atoms with E-state index in [-0.39, 0.29) is 18.3 Å². The van der Waals surface area contributed by atoms with E-state index >= 15 is 0 Å². The Labute approximate surface area is 148 Å². The van der Waals surface area contributed by atoms with E-state index in [9.17, 15) is 9.18 Å². The van der Waals surface area contributed by atoms with Gasteiger partial charge in [0.05, 0.1) is 10.9 Å². The Bertz CT molecular complexity index is 887. The maximum atomic E-state index is 12.9. The van der Waals surface area contributed by atoms with Gasteiger partial charge in [0.25, 0.3) is 5.91 Å². The number of thioether (sulfide) groups is 1. The third-order valence-electron chi connectivity index (χ3n) is 3.47. The molecule has 0 unspecified atom stereocenters. The predicted octanol–water partition coefficient (Wildman–Crippen LogP) is 3.19. The van der Waals surface area contributed by atoms with E-state index in [1.54, 1.807) is 12.1 Å². The minimum atomic E-state index is -0.307. The highest BCUT2D eigenvalue weighted by Gasteiger charge is 2.10. The third kappa shape index (κ3) is 4.45. The summed E-state index contributed by atoms with van der Waals surface area (Å²) in [7, 11) is 0. The number of ether oxygens (including phenoxy) is 1. The first-order valence-corrected chi connectivity index (χ1v) is 8.83. The van der Waals surface area contributed by atoms with Gasteiger partial charge in [0.1, 0.15) is 5.82 Å². The van der Waals surface area contributed by atoms with Crippen LogP contribution < -0.4 is 10.1 Å². The lowest BCUT2D eigenvalue weighted by Gasteiger charge is -2.10. The third-order valence-corrected chi connectivity index (χ3v) is 4.02. The topological polar surface area (TPSA) is 64.1 Å². The fourth-order valence-electron chi connectivity index (χ4n) is 2.22. The molecule has 2 aromatic carbocycles. The SMILES string of the molecule is CSc1nc(OCC(=O)NCc2ccc(F)cc2)c2ccccc2n1. The summed E-state index contributed by atoms with van der Waals surface area (Å²) in [6.45, 7) is 0.152. The van der Waals surface area contributed by atoms with Gasteiger partial charge in [-0.25, -0.2) is 9.37 Å². The lowest BCUT2D eigenvalue weighted by Crippen LogP contribution is -2.28. The largest absolute Gasteiger partial charge is 0.467 e. The molecule has 1 amide bonds. The highest BCUT2D eigenvalue weighted by molar-refractivity contribution is 7.98. The van der Waals surface area contributed by atoms with E-state index in [1.165, 1.54) is 23.9 Å². The summed E-state index contributed by atoms with van der Waals surface area (Å²) in [5.74, 6) is -0.205. The van der Waals surface area contributed by atoms with Crippen molar-refractivity contribution in [2.24, 2.45) is 0 Å². The van der Waals surface area contributed by atoms with Gasteiger partial charge >= 0.3 is 0 Å². The average molecular weight is 357 g/mol. The summed E-state index contributed by atoms with van der Waals surface area (Å²) >= 11 is 1.41. The number of nitrogens with zero attached hydrogens (tertiary/aromatic N) is 2. The van der Waals surface area contributed by atoms with Crippen LogP contribution in [0.4, 0.5) is 4.39 Å². The zero-order valence-corrected chi connectivity index (χ0v) is 14.3. The number of hydrogen-bond donors (Lipinski definition) is 1. The maximum Gasteiger partial charge on any atom is 0.258 e. The lowest BCUT2D eigenvalue weighted by atomic mass is 10.2. The maximum absolute atomic E-state index is 12.9. The second-order valence-corrected chi connectivity index (χ2v) is 6.00. The molecule has 1 N–H and O–H groups in total. The van der Waals surface area contributed by atoms with Gasteiger partial charge in [-0.2, -0.15) is 4.98 Å². The fraction of sp³-hybridized carbons (Fsp3) is 0.167. The van der Waals surface area contributed by atoms with Gasteiger partial charge in [0, 0.05) is 6.54 Å². The molecule has 3 rings (SSSR count). The number of benzene rings is 2. The number of hydrogen-bond acceptors (Lipinski definition) is 5. The first-order chi connectivity index (χ1) is 12.2. The summed E-state index contributed by atoms with van der Waals surface area (Å²) in [5.41, 5.74) is 1.58. The molecule has 1 heterocycles. The molecule has 3 aromatic rings. The predicted molar refractivity (Wildman–Crippen MR) is 95.1 cm³/mol. The van der Waals surface area contributed by atoms with Crippen molar-refractivity contribution in [2.75, 3.05) is 12.9 Å². The summed E-state index contributed by atoms with van der Waals surface area (Å²) in [4.78, 5) is 20.7. The van der Waals surface area contributed by atoms with Crippen LogP contribution in [0.15, 0.2) is 53.7 Å². The second kappa shape index (κ2) is 7.94. The van der Waals surface area contributed by atoms with Crippen molar-refractivity contribution in [3.63, 3.8) is 0 Å². The zero-order chi connectivity index (χ0) is 17.6.